The molecule has 31 heavy (non-hydrogen) atoms. The molecule has 2 fully saturated rings. The first kappa shape index (κ1) is 21.8. The second-order valence-electron chi connectivity index (χ2n) is 8.99. The minimum Gasteiger partial charge on any atom is -0.496 e. The average molecular weight is 428 g/mol. The van der Waals surface area contributed by atoms with Gasteiger partial charge in [-0.05, 0) is 24.3 Å². The maximum absolute atomic E-state index is 13.6. The Hall–Kier alpha value is -2.38. The molecule has 168 valence electrons. The standard InChI is InChI=1S/C24H33N3O4/c1-17-14-18(2)16-26(15-17)22-21(19-6-4-5-7-20(19)30-3)23(28)27(24(22)29)9-8-25-10-12-31-13-11-25/h4-7,17-18H,8-16H2,1-3H3. The number of ether oxygens (including phenoxy) is 2. The summed E-state index contributed by atoms with van der Waals surface area (Å²) in [7, 11) is 1.60. The van der Waals surface area contributed by atoms with E-state index in [-0.39, 0.29) is 11.8 Å². The zero-order chi connectivity index (χ0) is 22.0. The molecule has 0 spiro atoms. The summed E-state index contributed by atoms with van der Waals surface area (Å²) in [5.74, 6) is 1.16. The van der Waals surface area contributed by atoms with Gasteiger partial charge in [0.1, 0.15) is 11.4 Å². The number of amides is 2. The molecule has 0 radical (unpaired) electrons. The van der Waals surface area contributed by atoms with Crippen LogP contribution < -0.4 is 4.74 Å². The highest BCUT2D eigenvalue weighted by Crippen LogP contribution is 2.38. The van der Waals surface area contributed by atoms with Crippen LogP contribution >= 0.6 is 0 Å². The Morgan fingerprint density at radius 1 is 1.00 bits per heavy atom. The van der Waals surface area contributed by atoms with Crippen molar-refractivity contribution in [1.29, 1.82) is 0 Å². The fourth-order valence-electron chi connectivity index (χ4n) is 5.07. The molecular formula is C24H33N3O4. The van der Waals surface area contributed by atoms with Crippen molar-refractivity contribution in [3.8, 4) is 5.75 Å². The van der Waals surface area contributed by atoms with E-state index in [1.54, 1.807) is 7.11 Å². The van der Waals surface area contributed by atoms with Gasteiger partial charge in [-0.1, -0.05) is 32.0 Å². The Kier molecular flexibility index (Phi) is 6.62. The van der Waals surface area contributed by atoms with Crippen LogP contribution in [0.5, 0.6) is 5.75 Å². The maximum atomic E-state index is 13.6. The number of morpholine rings is 1. The lowest BCUT2D eigenvalue weighted by Gasteiger charge is -2.37. The van der Waals surface area contributed by atoms with E-state index in [4.69, 9.17) is 9.47 Å². The van der Waals surface area contributed by atoms with E-state index < -0.39 is 0 Å². The van der Waals surface area contributed by atoms with Gasteiger partial charge in [-0.25, -0.2) is 0 Å². The van der Waals surface area contributed by atoms with Crippen LogP contribution in [0.15, 0.2) is 30.0 Å². The van der Waals surface area contributed by atoms with Crippen LogP contribution in [-0.2, 0) is 14.3 Å². The largest absolute Gasteiger partial charge is 0.496 e. The highest BCUT2D eigenvalue weighted by Gasteiger charge is 2.43. The average Bonchev–Trinajstić information content (AvgIpc) is 3.01. The molecule has 3 aliphatic heterocycles. The summed E-state index contributed by atoms with van der Waals surface area (Å²) in [6, 6.07) is 7.49. The first-order chi connectivity index (χ1) is 15.0. The summed E-state index contributed by atoms with van der Waals surface area (Å²) in [6.45, 7) is 10.1. The summed E-state index contributed by atoms with van der Waals surface area (Å²) in [5.41, 5.74) is 1.71. The number of likely N-dealkylation sites (tertiary alicyclic amines) is 1. The zero-order valence-electron chi connectivity index (χ0n) is 18.8. The third kappa shape index (κ3) is 4.48. The normalized spacial score (nSPS) is 25.5. The number of rotatable bonds is 6. The smallest absolute Gasteiger partial charge is 0.277 e. The summed E-state index contributed by atoms with van der Waals surface area (Å²) in [4.78, 5) is 33.0. The third-order valence-electron chi connectivity index (χ3n) is 6.45. The predicted molar refractivity (Wildman–Crippen MR) is 118 cm³/mol. The van der Waals surface area contributed by atoms with Crippen LogP contribution in [-0.4, -0.2) is 86.1 Å². The number of hydrogen-bond acceptors (Lipinski definition) is 6. The molecule has 2 unspecified atom stereocenters. The number of benzene rings is 1. The Bertz CT molecular complexity index is 852. The molecule has 0 aliphatic carbocycles. The van der Waals surface area contributed by atoms with Gasteiger partial charge in [0.25, 0.3) is 11.8 Å². The molecule has 2 atom stereocenters. The van der Waals surface area contributed by atoms with Gasteiger partial charge in [0.2, 0.25) is 0 Å². The zero-order valence-corrected chi connectivity index (χ0v) is 18.8. The summed E-state index contributed by atoms with van der Waals surface area (Å²) in [5, 5.41) is 0. The van der Waals surface area contributed by atoms with Crippen LogP contribution in [0.2, 0.25) is 0 Å². The molecule has 7 nitrogen and oxygen atoms in total. The fraction of sp³-hybridized carbons (Fsp3) is 0.583. The van der Waals surface area contributed by atoms with E-state index in [1.807, 2.05) is 24.3 Å². The highest BCUT2D eigenvalue weighted by molar-refractivity contribution is 6.36. The van der Waals surface area contributed by atoms with E-state index in [9.17, 15) is 9.59 Å². The Labute approximate surface area is 184 Å². The van der Waals surface area contributed by atoms with Crippen molar-refractivity contribution in [2.24, 2.45) is 11.8 Å². The molecule has 0 saturated carbocycles. The van der Waals surface area contributed by atoms with E-state index in [0.29, 0.717) is 60.7 Å². The summed E-state index contributed by atoms with van der Waals surface area (Å²) >= 11 is 0. The molecule has 2 amide bonds. The number of piperidine rings is 1. The molecule has 3 heterocycles. The van der Waals surface area contributed by atoms with Crippen molar-refractivity contribution >= 4 is 17.4 Å². The Morgan fingerprint density at radius 2 is 1.68 bits per heavy atom. The minimum atomic E-state index is -0.219. The molecule has 3 aliphatic rings. The van der Waals surface area contributed by atoms with Gasteiger partial charge in [0.15, 0.2) is 0 Å². The number of imide groups is 1. The number of nitrogens with zero attached hydrogens (tertiary/aromatic N) is 3. The van der Waals surface area contributed by atoms with Gasteiger partial charge in [-0.15, -0.1) is 0 Å². The van der Waals surface area contributed by atoms with Crippen molar-refractivity contribution < 1.29 is 19.1 Å². The number of carbonyl (C=O) groups is 2. The number of para-hydroxylation sites is 1. The van der Waals surface area contributed by atoms with Gasteiger partial charge in [0, 0.05) is 44.8 Å². The van der Waals surface area contributed by atoms with Crippen molar-refractivity contribution in [1.82, 2.24) is 14.7 Å². The quantitative estimate of drug-likeness (QED) is 0.648. The van der Waals surface area contributed by atoms with Gasteiger partial charge in [0.05, 0.1) is 25.9 Å². The second-order valence-corrected chi connectivity index (χ2v) is 8.99. The number of carbonyl (C=O) groups excluding carboxylic acids is 2. The maximum Gasteiger partial charge on any atom is 0.277 e. The number of methoxy groups -OCH3 is 1. The van der Waals surface area contributed by atoms with E-state index in [0.717, 1.165) is 32.6 Å². The Morgan fingerprint density at radius 3 is 2.35 bits per heavy atom. The van der Waals surface area contributed by atoms with E-state index in [1.165, 1.54) is 4.90 Å². The van der Waals surface area contributed by atoms with E-state index >= 15 is 0 Å². The molecule has 0 bridgehead atoms. The molecule has 7 heteroatoms. The molecule has 0 N–H and O–H groups in total. The van der Waals surface area contributed by atoms with Gasteiger partial charge in [-0.3, -0.25) is 19.4 Å². The molecule has 2 saturated heterocycles. The van der Waals surface area contributed by atoms with Gasteiger partial charge < -0.3 is 14.4 Å². The van der Waals surface area contributed by atoms with Crippen molar-refractivity contribution in [2.75, 3.05) is 59.6 Å². The predicted octanol–water partition coefficient (Wildman–Crippen LogP) is 2.09. The van der Waals surface area contributed by atoms with E-state index in [2.05, 4.69) is 23.6 Å². The topological polar surface area (TPSA) is 62.3 Å². The fourth-order valence-corrected chi connectivity index (χ4v) is 5.07. The third-order valence-corrected chi connectivity index (χ3v) is 6.45. The van der Waals surface area contributed by atoms with Gasteiger partial charge >= 0.3 is 0 Å². The van der Waals surface area contributed by atoms with Crippen LogP contribution in [0.25, 0.3) is 5.57 Å². The molecular weight excluding hydrogens is 394 g/mol. The molecule has 4 rings (SSSR count). The van der Waals surface area contributed by atoms with Crippen molar-refractivity contribution in [2.45, 2.75) is 20.3 Å². The summed E-state index contributed by atoms with van der Waals surface area (Å²) < 4.78 is 11.0. The second kappa shape index (κ2) is 9.40. The molecule has 1 aromatic rings. The molecule has 1 aromatic carbocycles. The minimum absolute atomic E-state index is 0.180. The van der Waals surface area contributed by atoms with Crippen LogP contribution in [0.1, 0.15) is 25.8 Å². The van der Waals surface area contributed by atoms with Crippen LogP contribution in [0.3, 0.4) is 0 Å². The highest BCUT2D eigenvalue weighted by atomic mass is 16.5. The van der Waals surface area contributed by atoms with Crippen molar-refractivity contribution in [3.05, 3.63) is 35.5 Å². The Balaban J connectivity index is 1.67. The van der Waals surface area contributed by atoms with Crippen molar-refractivity contribution in [3.63, 3.8) is 0 Å². The number of hydrogen-bond donors (Lipinski definition) is 0. The molecule has 0 aromatic heterocycles. The van der Waals surface area contributed by atoms with Crippen LogP contribution in [0.4, 0.5) is 0 Å². The SMILES string of the molecule is COc1ccccc1C1=C(N2CC(C)CC(C)C2)C(=O)N(CCN2CCOCC2)C1=O. The lowest BCUT2D eigenvalue weighted by atomic mass is 9.91. The monoisotopic (exact) mass is 427 g/mol. The first-order valence-corrected chi connectivity index (χ1v) is 11.3. The lowest BCUT2D eigenvalue weighted by molar-refractivity contribution is -0.138. The van der Waals surface area contributed by atoms with Crippen LogP contribution in [0, 0.1) is 11.8 Å². The van der Waals surface area contributed by atoms with Gasteiger partial charge in [-0.2, -0.15) is 0 Å². The summed E-state index contributed by atoms with van der Waals surface area (Å²) in [6.07, 6.45) is 1.14. The lowest BCUT2D eigenvalue weighted by Crippen LogP contribution is -2.45. The first-order valence-electron chi connectivity index (χ1n) is 11.3.